The Morgan fingerprint density at radius 1 is 1.15 bits per heavy atom. The van der Waals surface area contributed by atoms with Crippen LogP contribution in [0, 0.1) is 11.8 Å². The lowest BCUT2D eigenvalue weighted by molar-refractivity contribution is 0.0952. The summed E-state index contributed by atoms with van der Waals surface area (Å²) in [6, 6.07) is 6.25. The van der Waals surface area contributed by atoms with Crippen molar-refractivity contribution in [3.63, 3.8) is 0 Å². The van der Waals surface area contributed by atoms with E-state index in [0.717, 1.165) is 19.4 Å². The average molecular weight is 382 g/mol. The molecule has 1 saturated heterocycles. The lowest BCUT2D eigenvalue weighted by Gasteiger charge is -2.34. The van der Waals surface area contributed by atoms with Gasteiger partial charge in [-0.25, -0.2) is 8.42 Å². The van der Waals surface area contributed by atoms with Crippen LogP contribution in [0.15, 0.2) is 29.2 Å². The predicted molar refractivity (Wildman–Crippen MR) is 104 cm³/mol. The number of nitrogens with zero attached hydrogens (tertiary/aromatic N) is 2. The first-order valence-corrected chi connectivity index (χ1v) is 10.7. The third kappa shape index (κ3) is 5.53. The number of hydrogen-bond acceptors (Lipinski definition) is 4. The summed E-state index contributed by atoms with van der Waals surface area (Å²) in [5.41, 5.74) is 0.481. The third-order valence-electron chi connectivity index (χ3n) is 4.66. The number of carbonyl (C=O) groups is 1. The van der Waals surface area contributed by atoms with Crippen molar-refractivity contribution in [3.05, 3.63) is 29.8 Å². The highest BCUT2D eigenvalue weighted by molar-refractivity contribution is 7.89. The molecule has 1 aliphatic heterocycles. The maximum absolute atomic E-state index is 12.9. The molecule has 6 nitrogen and oxygen atoms in total. The van der Waals surface area contributed by atoms with Crippen molar-refractivity contribution >= 4 is 15.9 Å². The smallest absolute Gasteiger partial charge is 0.251 e. The van der Waals surface area contributed by atoms with Crippen LogP contribution in [0.4, 0.5) is 0 Å². The minimum absolute atomic E-state index is 0.173. The van der Waals surface area contributed by atoms with Gasteiger partial charge in [-0.2, -0.15) is 4.31 Å². The Bertz CT molecular complexity index is 691. The number of hydrogen-bond donors (Lipinski definition) is 1. The number of piperidine rings is 1. The molecule has 0 radical (unpaired) electrons. The van der Waals surface area contributed by atoms with Crippen LogP contribution in [0.3, 0.4) is 0 Å². The molecule has 2 atom stereocenters. The largest absolute Gasteiger partial charge is 0.352 e. The summed E-state index contributed by atoms with van der Waals surface area (Å²) < 4.78 is 27.3. The molecule has 0 aromatic heterocycles. The van der Waals surface area contributed by atoms with Crippen molar-refractivity contribution in [3.8, 4) is 0 Å². The summed E-state index contributed by atoms with van der Waals surface area (Å²) in [5, 5.41) is 2.86. The van der Waals surface area contributed by atoms with Crippen molar-refractivity contribution in [1.82, 2.24) is 14.5 Å². The first-order valence-electron chi connectivity index (χ1n) is 9.23. The normalized spacial score (nSPS) is 21.7. The van der Waals surface area contributed by atoms with Gasteiger partial charge in [0.25, 0.3) is 5.91 Å². The molecule has 7 heteroatoms. The van der Waals surface area contributed by atoms with Crippen LogP contribution in [0.5, 0.6) is 0 Å². The van der Waals surface area contributed by atoms with Gasteiger partial charge in [0.1, 0.15) is 0 Å². The van der Waals surface area contributed by atoms with E-state index in [0.29, 0.717) is 37.0 Å². The fourth-order valence-electron chi connectivity index (χ4n) is 3.43. The molecule has 1 aromatic carbocycles. The summed E-state index contributed by atoms with van der Waals surface area (Å²) in [4.78, 5) is 14.5. The van der Waals surface area contributed by atoms with Crippen LogP contribution in [-0.4, -0.2) is 63.8 Å². The van der Waals surface area contributed by atoms with E-state index in [4.69, 9.17) is 0 Å². The van der Waals surface area contributed by atoms with Gasteiger partial charge in [0.2, 0.25) is 10.0 Å². The molecule has 2 unspecified atom stereocenters. The maximum Gasteiger partial charge on any atom is 0.251 e. The molecule has 1 amide bonds. The first-order chi connectivity index (χ1) is 12.2. The SMILES string of the molecule is CC1CC(C)CN(S(=O)(=O)c2ccc(C(=O)NCCCN(C)C)cc2)C1. The van der Waals surface area contributed by atoms with Gasteiger partial charge < -0.3 is 10.2 Å². The second kappa shape index (κ2) is 8.97. The summed E-state index contributed by atoms with van der Waals surface area (Å²) in [6.45, 7) is 6.79. The van der Waals surface area contributed by atoms with Gasteiger partial charge in [-0.3, -0.25) is 4.79 Å². The van der Waals surface area contributed by atoms with Crippen LogP contribution in [0.25, 0.3) is 0 Å². The van der Waals surface area contributed by atoms with E-state index in [1.165, 1.54) is 12.1 Å². The third-order valence-corrected chi connectivity index (χ3v) is 6.50. The van der Waals surface area contributed by atoms with Crippen molar-refractivity contribution in [2.45, 2.75) is 31.6 Å². The van der Waals surface area contributed by atoms with E-state index >= 15 is 0 Å². The van der Waals surface area contributed by atoms with Gasteiger partial charge >= 0.3 is 0 Å². The zero-order valence-electron chi connectivity index (χ0n) is 16.2. The molecule has 0 aliphatic carbocycles. The lowest BCUT2D eigenvalue weighted by atomic mass is 9.94. The van der Waals surface area contributed by atoms with Gasteiger partial charge in [-0.1, -0.05) is 13.8 Å². The Hall–Kier alpha value is -1.44. The second-order valence-corrected chi connectivity index (χ2v) is 9.64. The Morgan fingerprint density at radius 2 is 1.73 bits per heavy atom. The molecular formula is C19H31N3O3S. The van der Waals surface area contributed by atoms with Gasteiger partial charge in [-0.05, 0) is 69.6 Å². The molecule has 1 aliphatic rings. The summed E-state index contributed by atoms with van der Waals surface area (Å²) in [5.74, 6) is 0.550. The van der Waals surface area contributed by atoms with E-state index in [9.17, 15) is 13.2 Å². The van der Waals surface area contributed by atoms with E-state index in [-0.39, 0.29) is 10.8 Å². The number of rotatable bonds is 7. The fourth-order valence-corrected chi connectivity index (χ4v) is 5.11. The minimum atomic E-state index is -3.50. The molecule has 0 spiro atoms. The van der Waals surface area contributed by atoms with Crippen LogP contribution < -0.4 is 5.32 Å². The van der Waals surface area contributed by atoms with Crippen molar-refractivity contribution in [2.24, 2.45) is 11.8 Å². The van der Waals surface area contributed by atoms with Gasteiger partial charge in [0.05, 0.1) is 4.90 Å². The summed E-state index contributed by atoms with van der Waals surface area (Å²) in [6.07, 6.45) is 1.93. The van der Waals surface area contributed by atoms with Gasteiger partial charge in [-0.15, -0.1) is 0 Å². The van der Waals surface area contributed by atoms with Crippen molar-refractivity contribution in [1.29, 1.82) is 0 Å². The number of nitrogens with one attached hydrogen (secondary N) is 1. The Morgan fingerprint density at radius 3 is 2.27 bits per heavy atom. The lowest BCUT2D eigenvalue weighted by Crippen LogP contribution is -2.42. The second-order valence-electron chi connectivity index (χ2n) is 7.71. The van der Waals surface area contributed by atoms with Crippen LogP contribution in [0.1, 0.15) is 37.0 Å². The Balaban J connectivity index is 2.00. The number of carbonyl (C=O) groups excluding carboxylic acids is 1. The number of amides is 1. The molecule has 1 N–H and O–H groups in total. The first kappa shape index (κ1) is 20.9. The van der Waals surface area contributed by atoms with Crippen molar-refractivity contribution < 1.29 is 13.2 Å². The van der Waals surface area contributed by atoms with Gasteiger partial charge in [0, 0.05) is 25.2 Å². The molecule has 1 fully saturated rings. The molecule has 26 heavy (non-hydrogen) atoms. The van der Waals surface area contributed by atoms with Crippen LogP contribution >= 0.6 is 0 Å². The van der Waals surface area contributed by atoms with Crippen LogP contribution in [0.2, 0.25) is 0 Å². The predicted octanol–water partition coefficient (Wildman–Crippen LogP) is 2.03. The summed E-state index contributed by atoms with van der Waals surface area (Å²) >= 11 is 0. The summed E-state index contributed by atoms with van der Waals surface area (Å²) in [7, 11) is 0.477. The molecule has 2 rings (SSSR count). The molecule has 0 bridgehead atoms. The van der Waals surface area contributed by atoms with Crippen LogP contribution in [-0.2, 0) is 10.0 Å². The molecule has 1 aromatic rings. The topological polar surface area (TPSA) is 69.7 Å². The number of sulfonamides is 1. The number of benzene rings is 1. The highest BCUT2D eigenvalue weighted by Gasteiger charge is 2.31. The van der Waals surface area contributed by atoms with Gasteiger partial charge in [0.15, 0.2) is 0 Å². The molecular weight excluding hydrogens is 350 g/mol. The quantitative estimate of drug-likeness (QED) is 0.734. The minimum Gasteiger partial charge on any atom is -0.352 e. The maximum atomic E-state index is 12.9. The average Bonchev–Trinajstić information content (AvgIpc) is 2.57. The standard InChI is InChI=1S/C19H31N3O3S/c1-15-12-16(2)14-22(13-15)26(24,25)18-8-6-17(7-9-18)19(23)20-10-5-11-21(3)4/h6-9,15-16H,5,10-14H2,1-4H3,(H,20,23). The zero-order valence-corrected chi connectivity index (χ0v) is 17.1. The van der Waals surface area contributed by atoms with Crippen molar-refractivity contribution in [2.75, 3.05) is 40.3 Å². The van der Waals surface area contributed by atoms with E-state index < -0.39 is 10.0 Å². The van der Waals surface area contributed by atoms with E-state index in [2.05, 4.69) is 24.1 Å². The molecule has 0 saturated carbocycles. The zero-order chi connectivity index (χ0) is 19.3. The Labute approximate surface area is 157 Å². The highest BCUT2D eigenvalue weighted by atomic mass is 32.2. The fraction of sp³-hybridized carbons (Fsp3) is 0.632. The highest BCUT2D eigenvalue weighted by Crippen LogP contribution is 2.26. The Kier molecular flexibility index (Phi) is 7.20. The molecule has 146 valence electrons. The van der Waals surface area contributed by atoms with E-state index in [1.54, 1.807) is 16.4 Å². The monoisotopic (exact) mass is 381 g/mol. The molecule has 1 heterocycles. The van der Waals surface area contributed by atoms with E-state index in [1.807, 2.05) is 14.1 Å².